The summed E-state index contributed by atoms with van der Waals surface area (Å²) in [7, 11) is 1.80. The van der Waals surface area contributed by atoms with Crippen LogP contribution in [0.4, 0.5) is 0 Å². The van der Waals surface area contributed by atoms with Gasteiger partial charge in [0.2, 0.25) is 0 Å². The van der Waals surface area contributed by atoms with E-state index < -0.39 is 0 Å². The maximum atomic E-state index is 12.1. The van der Waals surface area contributed by atoms with Gasteiger partial charge >= 0.3 is 0 Å². The molecule has 1 heterocycles. The van der Waals surface area contributed by atoms with Crippen LogP contribution in [0.1, 0.15) is 23.2 Å². The molecular formula is C11H15BrN2O2. The third kappa shape index (κ3) is 2.15. The van der Waals surface area contributed by atoms with Crippen molar-refractivity contribution in [1.82, 2.24) is 4.90 Å². The first-order chi connectivity index (χ1) is 7.65. The van der Waals surface area contributed by atoms with Gasteiger partial charge in [-0.25, -0.2) is 0 Å². The predicted molar refractivity (Wildman–Crippen MR) is 64.1 cm³/mol. The minimum atomic E-state index is -0.0389. The van der Waals surface area contributed by atoms with Gasteiger partial charge in [0.05, 0.1) is 11.8 Å². The Morgan fingerprint density at radius 3 is 2.88 bits per heavy atom. The first kappa shape index (κ1) is 11.7. The molecule has 1 aromatic rings. The minimum Gasteiger partial charge on any atom is -0.457 e. The first-order valence-corrected chi connectivity index (χ1v) is 6.14. The van der Waals surface area contributed by atoms with Gasteiger partial charge in [-0.3, -0.25) is 4.79 Å². The van der Waals surface area contributed by atoms with Crippen molar-refractivity contribution in [2.45, 2.75) is 18.9 Å². The zero-order valence-corrected chi connectivity index (χ0v) is 10.7. The van der Waals surface area contributed by atoms with Crippen LogP contribution in [0.3, 0.4) is 0 Å². The van der Waals surface area contributed by atoms with E-state index in [4.69, 9.17) is 10.2 Å². The van der Waals surface area contributed by atoms with Crippen LogP contribution < -0.4 is 5.73 Å². The van der Waals surface area contributed by atoms with Crippen molar-refractivity contribution >= 4 is 21.8 Å². The second-order valence-electron chi connectivity index (χ2n) is 4.16. The fourth-order valence-corrected chi connectivity index (χ4v) is 2.34. The van der Waals surface area contributed by atoms with Crippen molar-refractivity contribution in [3.05, 3.63) is 22.6 Å². The van der Waals surface area contributed by atoms with Gasteiger partial charge in [-0.2, -0.15) is 0 Å². The van der Waals surface area contributed by atoms with Crippen molar-refractivity contribution in [2.75, 3.05) is 13.6 Å². The number of amides is 1. The molecule has 2 N–H and O–H groups in total. The molecule has 1 atom stereocenters. The molecule has 0 aromatic carbocycles. The van der Waals surface area contributed by atoms with E-state index in [1.54, 1.807) is 18.0 Å². The topological polar surface area (TPSA) is 59.5 Å². The standard InChI is InChI=1S/C11H15BrN2O2/c1-14(9(6-13)7-2-3-7)11(15)8-4-5-16-10(8)12/h4-5,7,9H,2-3,6,13H2,1H3. The van der Waals surface area contributed by atoms with E-state index in [1.165, 1.54) is 19.1 Å². The van der Waals surface area contributed by atoms with Gasteiger partial charge in [0, 0.05) is 19.6 Å². The van der Waals surface area contributed by atoms with Crippen LogP contribution in [0.15, 0.2) is 21.4 Å². The predicted octanol–water partition coefficient (Wildman–Crippen LogP) is 1.85. The summed E-state index contributed by atoms with van der Waals surface area (Å²) in [5.41, 5.74) is 6.27. The van der Waals surface area contributed by atoms with Gasteiger partial charge in [0.15, 0.2) is 4.67 Å². The second-order valence-corrected chi connectivity index (χ2v) is 4.88. The number of carbonyl (C=O) groups is 1. The van der Waals surface area contributed by atoms with Crippen molar-refractivity contribution in [1.29, 1.82) is 0 Å². The largest absolute Gasteiger partial charge is 0.457 e. The molecule has 0 bridgehead atoms. The lowest BCUT2D eigenvalue weighted by Gasteiger charge is -2.26. The summed E-state index contributed by atoms with van der Waals surface area (Å²) in [5.74, 6) is 0.535. The molecule has 0 aliphatic heterocycles. The van der Waals surface area contributed by atoms with E-state index in [9.17, 15) is 4.79 Å². The molecule has 0 spiro atoms. The molecule has 2 rings (SSSR count). The van der Waals surface area contributed by atoms with Gasteiger partial charge in [0.1, 0.15) is 0 Å². The highest BCUT2D eigenvalue weighted by Crippen LogP contribution is 2.35. The Labute approximate surface area is 103 Å². The zero-order valence-electron chi connectivity index (χ0n) is 9.15. The molecule has 1 saturated carbocycles. The van der Waals surface area contributed by atoms with E-state index in [-0.39, 0.29) is 11.9 Å². The summed E-state index contributed by atoms with van der Waals surface area (Å²) < 4.78 is 5.55. The summed E-state index contributed by atoms with van der Waals surface area (Å²) in [5, 5.41) is 0. The normalized spacial score (nSPS) is 17.2. The van der Waals surface area contributed by atoms with Crippen LogP contribution in [0.25, 0.3) is 0 Å². The Hall–Kier alpha value is -0.810. The van der Waals surface area contributed by atoms with E-state index >= 15 is 0 Å². The Kier molecular flexibility index (Phi) is 3.35. The molecule has 1 amide bonds. The SMILES string of the molecule is CN(C(=O)c1ccoc1Br)C(CN)C1CC1. The lowest BCUT2D eigenvalue weighted by molar-refractivity contribution is 0.0716. The molecule has 1 aromatic heterocycles. The van der Waals surface area contributed by atoms with Crippen molar-refractivity contribution < 1.29 is 9.21 Å². The molecule has 4 nitrogen and oxygen atoms in total. The number of rotatable bonds is 4. The first-order valence-electron chi connectivity index (χ1n) is 5.35. The summed E-state index contributed by atoms with van der Waals surface area (Å²) in [6.45, 7) is 0.516. The lowest BCUT2D eigenvalue weighted by Crippen LogP contribution is -2.43. The van der Waals surface area contributed by atoms with Crippen LogP contribution in [0.2, 0.25) is 0 Å². The molecule has 1 aliphatic rings. The highest BCUT2D eigenvalue weighted by atomic mass is 79.9. The van der Waals surface area contributed by atoms with Crippen LogP contribution in [-0.2, 0) is 0 Å². The minimum absolute atomic E-state index is 0.0389. The molecular weight excluding hydrogens is 272 g/mol. The van der Waals surface area contributed by atoms with E-state index in [0.29, 0.717) is 22.7 Å². The smallest absolute Gasteiger partial charge is 0.258 e. The van der Waals surface area contributed by atoms with Gasteiger partial charge in [-0.1, -0.05) is 0 Å². The lowest BCUT2D eigenvalue weighted by atomic mass is 10.1. The van der Waals surface area contributed by atoms with E-state index in [1.807, 2.05) is 0 Å². The number of halogens is 1. The van der Waals surface area contributed by atoms with Crippen LogP contribution in [-0.4, -0.2) is 30.4 Å². The van der Waals surface area contributed by atoms with Crippen molar-refractivity contribution in [3.8, 4) is 0 Å². The van der Waals surface area contributed by atoms with Crippen molar-refractivity contribution in [2.24, 2.45) is 11.7 Å². The Morgan fingerprint density at radius 1 is 1.75 bits per heavy atom. The van der Waals surface area contributed by atoms with Gasteiger partial charge in [0.25, 0.3) is 5.91 Å². The van der Waals surface area contributed by atoms with Gasteiger partial charge in [-0.15, -0.1) is 0 Å². The summed E-state index contributed by atoms with van der Waals surface area (Å²) in [6.07, 6.45) is 3.85. The molecule has 1 fully saturated rings. The molecule has 5 heteroatoms. The monoisotopic (exact) mass is 286 g/mol. The number of nitrogens with zero attached hydrogens (tertiary/aromatic N) is 1. The highest BCUT2D eigenvalue weighted by molar-refractivity contribution is 9.10. The number of hydrogen-bond donors (Lipinski definition) is 1. The average Bonchev–Trinajstić information content (AvgIpc) is 3.01. The summed E-state index contributed by atoms with van der Waals surface area (Å²) >= 11 is 3.21. The maximum Gasteiger partial charge on any atom is 0.258 e. The third-order valence-electron chi connectivity index (χ3n) is 3.07. The number of hydrogen-bond acceptors (Lipinski definition) is 3. The van der Waals surface area contributed by atoms with Crippen molar-refractivity contribution in [3.63, 3.8) is 0 Å². The quantitative estimate of drug-likeness (QED) is 0.919. The number of likely N-dealkylation sites (N-methyl/N-ethyl adjacent to an activating group) is 1. The van der Waals surface area contributed by atoms with Crippen LogP contribution >= 0.6 is 15.9 Å². The van der Waals surface area contributed by atoms with Gasteiger partial charge < -0.3 is 15.1 Å². The summed E-state index contributed by atoms with van der Waals surface area (Å²) in [4.78, 5) is 13.9. The zero-order chi connectivity index (χ0) is 11.7. The summed E-state index contributed by atoms with van der Waals surface area (Å²) in [6, 6.07) is 1.82. The molecule has 16 heavy (non-hydrogen) atoms. The molecule has 88 valence electrons. The number of carbonyl (C=O) groups excluding carboxylic acids is 1. The second kappa shape index (κ2) is 4.59. The van der Waals surface area contributed by atoms with E-state index in [0.717, 1.165) is 0 Å². The van der Waals surface area contributed by atoms with Crippen LogP contribution in [0.5, 0.6) is 0 Å². The third-order valence-corrected chi connectivity index (χ3v) is 3.69. The molecule has 1 aliphatic carbocycles. The fourth-order valence-electron chi connectivity index (χ4n) is 1.93. The Bertz CT molecular complexity index is 387. The molecule has 1 unspecified atom stereocenters. The maximum absolute atomic E-state index is 12.1. The average molecular weight is 287 g/mol. The van der Waals surface area contributed by atoms with Gasteiger partial charge in [-0.05, 0) is 40.8 Å². The Balaban J connectivity index is 2.11. The van der Waals surface area contributed by atoms with E-state index in [2.05, 4.69) is 15.9 Å². The highest BCUT2D eigenvalue weighted by Gasteiger charge is 2.35. The Morgan fingerprint density at radius 2 is 2.44 bits per heavy atom. The number of furan rings is 1. The van der Waals surface area contributed by atoms with Crippen LogP contribution in [0, 0.1) is 5.92 Å². The fraction of sp³-hybridized carbons (Fsp3) is 0.545. The number of nitrogens with two attached hydrogens (primary N) is 1. The molecule has 0 radical (unpaired) electrons. The molecule has 0 saturated heterocycles.